The van der Waals surface area contributed by atoms with E-state index in [9.17, 15) is 4.79 Å². The van der Waals surface area contributed by atoms with E-state index in [-0.39, 0.29) is 5.91 Å². The van der Waals surface area contributed by atoms with Crippen molar-refractivity contribution >= 4 is 23.2 Å². The van der Waals surface area contributed by atoms with Gasteiger partial charge in [0.05, 0.1) is 10.6 Å². The van der Waals surface area contributed by atoms with Crippen LogP contribution < -0.4 is 15.5 Å². The molecular formula is C23H30ClN3O. The number of hydrogen-bond donors (Lipinski definition) is 2. The SMILES string of the molecule is O=C(NCC12CC3CC(CC(C3)C1)C2)c1cc(N2CC3CC2CN3)ccc1Cl. The van der Waals surface area contributed by atoms with Crippen molar-refractivity contribution in [2.75, 3.05) is 24.5 Å². The topological polar surface area (TPSA) is 44.4 Å². The highest BCUT2D eigenvalue weighted by atomic mass is 35.5. The second-order valence-corrected chi connectivity index (χ2v) is 10.8. The number of fused-ring (bicyclic) bond motifs is 2. The molecule has 7 rings (SSSR count). The number of amides is 1. The number of carbonyl (C=O) groups is 1. The number of hydrogen-bond acceptors (Lipinski definition) is 3. The molecule has 2 atom stereocenters. The average molecular weight is 400 g/mol. The van der Waals surface area contributed by atoms with E-state index in [1.807, 2.05) is 12.1 Å². The van der Waals surface area contributed by atoms with Crippen LogP contribution in [-0.2, 0) is 0 Å². The zero-order valence-corrected chi connectivity index (χ0v) is 17.2. The van der Waals surface area contributed by atoms with Gasteiger partial charge >= 0.3 is 0 Å². The monoisotopic (exact) mass is 399 g/mol. The molecule has 4 nitrogen and oxygen atoms in total. The second kappa shape index (κ2) is 6.37. The van der Waals surface area contributed by atoms with E-state index in [1.54, 1.807) is 0 Å². The van der Waals surface area contributed by atoms with E-state index >= 15 is 0 Å². The van der Waals surface area contributed by atoms with Crippen LogP contribution in [-0.4, -0.2) is 37.6 Å². The second-order valence-electron chi connectivity index (χ2n) is 10.4. The Morgan fingerprint density at radius 1 is 1.14 bits per heavy atom. The Morgan fingerprint density at radius 3 is 2.46 bits per heavy atom. The molecule has 6 bridgehead atoms. The molecule has 2 aliphatic heterocycles. The lowest BCUT2D eigenvalue weighted by molar-refractivity contribution is -0.0503. The predicted molar refractivity (Wildman–Crippen MR) is 112 cm³/mol. The van der Waals surface area contributed by atoms with Gasteiger partial charge in [-0.2, -0.15) is 0 Å². The average Bonchev–Trinajstić information content (AvgIpc) is 3.29. The van der Waals surface area contributed by atoms with E-state index in [0.717, 1.165) is 43.1 Å². The predicted octanol–water partition coefficient (Wildman–Crippen LogP) is 3.84. The van der Waals surface area contributed by atoms with Crippen LogP contribution in [0.5, 0.6) is 0 Å². The van der Waals surface area contributed by atoms with Crippen LogP contribution in [0.2, 0.25) is 5.02 Å². The summed E-state index contributed by atoms with van der Waals surface area (Å²) in [5, 5.41) is 7.40. The Balaban J connectivity index is 1.17. The summed E-state index contributed by atoms with van der Waals surface area (Å²) in [7, 11) is 0. The Bertz CT molecular complexity index is 774. The van der Waals surface area contributed by atoms with E-state index in [1.165, 1.54) is 44.9 Å². The molecule has 1 aromatic rings. The van der Waals surface area contributed by atoms with Gasteiger partial charge in [-0.3, -0.25) is 4.79 Å². The molecule has 6 aliphatic rings. The maximum absolute atomic E-state index is 13.1. The van der Waals surface area contributed by atoms with Crippen molar-refractivity contribution in [1.82, 2.24) is 10.6 Å². The third-order valence-electron chi connectivity index (χ3n) is 8.37. The first kappa shape index (κ1) is 17.6. The normalized spacial score (nSPS) is 40.3. The van der Waals surface area contributed by atoms with E-state index in [0.29, 0.717) is 28.1 Å². The number of benzene rings is 1. The van der Waals surface area contributed by atoms with Crippen molar-refractivity contribution in [2.24, 2.45) is 23.2 Å². The molecule has 2 unspecified atom stereocenters. The molecule has 0 spiro atoms. The molecular weight excluding hydrogens is 370 g/mol. The summed E-state index contributed by atoms with van der Waals surface area (Å²) in [6.07, 6.45) is 9.47. The van der Waals surface area contributed by atoms with Crippen LogP contribution in [0.1, 0.15) is 55.3 Å². The van der Waals surface area contributed by atoms with Crippen LogP contribution in [0.25, 0.3) is 0 Å². The number of anilines is 1. The van der Waals surface area contributed by atoms with Gasteiger partial charge in [-0.05, 0) is 86.3 Å². The fraction of sp³-hybridized carbons (Fsp3) is 0.696. The molecule has 6 fully saturated rings. The molecule has 5 heteroatoms. The van der Waals surface area contributed by atoms with Gasteiger partial charge in [-0.15, -0.1) is 0 Å². The quantitative estimate of drug-likeness (QED) is 0.808. The molecule has 0 aromatic heterocycles. The number of nitrogens with zero attached hydrogens (tertiary/aromatic N) is 1. The molecule has 2 N–H and O–H groups in total. The highest BCUT2D eigenvalue weighted by Crippen LogP contribution is 2.59. The molecule has 150 valence electrons. The molecule has 28 heavy (non-hydrogen) atoms. The van der Waals surface area contributed by atoms with Gasteiger partial charge in [-0.1, -0.05) is 11.6 Å². The summed E-state index contributed by atoms with van der Waals surface area (Å²) in [5.41, 5.74) is 2.13. The smallest absolute Gasteiger partial charge is 0.252 e. The fourth-order valence-corrected chi connectivity index (χ4v) is 7.82. The third kappa shape index (κ3) is 2.87. The van der Waals surface area contributed by atoms with Gasteiger partial charge in [0.15, 0.2) is 0 Å². The highest BCUT2D eigenvalue weighted by Gasteiger charge is 2.50. The van der Waals surface area contributed by atoms with Crippen molar-refractivity contribution in [3.63, 3.8) is 0 Å². The van der Waals surface area contributed by atoms with Crippen LogP contribution in [0.15, 0.2) is 18.2 Å². The standard InChI is InChI=1S/C23H30ClN3O/c24-21-2-1-18(27-12-17-6-19(27)11-25-17)7-20(21)22(28)26-13-23-8-14-3-15(9-23)5-16(4-14)10-23/h1-2,7,14-17,19,25H,3-6,8-13H2,(H,26,28). The molecule has 2 heterocycles. The van der Waals surface area contributed by atoms with Crippen LogP contribution in [0.3, 0.4) is 0 Å². The number of carbonyl (C=O) groups excluding carboxylic acids is 1. The minimum Gasteiger partial charge on any atom is -0.366 e. The van der Waals surface area contributed by atoms with Crippen LogP contribution in [0, 0.1) is 23.2 Å². The van der Waals surface area contributed by atoms with Gasteiger partial charge in [0, 0.05) is 37.4 Å². The van der Waals surface area contributed by atoms with Crippen molar-refractivity contribution in [3.05, 3.63) is 28.8 Å². The molecule has 2 saturated heterocycles. The summed E-state index contributed by atoms with van der Waals surface area (Å²) >= 11 is 6.44. The van der Waals surface area contributed by atoms with Crippen molar-refractivity contribution in [3.8, 4) is 0 Å². The van der Waals surface area contributed by atoms with Crippen molar-refractivity contribution < 1.29 is 4.79 Å². The van der Waals surface area contributed by atoms with Crippen molar-refractivity contribution in [2.45, 2.75) is 57.0 Å². The number of piperazine rings is 1. The molecule has 0 radical (unpaired) electrons. The highest BCUT2D eigenvalue weighted by molar-refractivity contribution is 6.34. The Kier molecular flexibility index (Phi) is 4.00. The third-order valence-corrected chi connectivity index (χ3v) is 8.70. The van der Waals surface area contributed by atoms with Gasteiger partial charge in [0.2, 0.25) is 0 Å². The first-order valence-corrected chi connectivity index (χ1v) is 11.5. The van der Waals surface area contributed by atoms with E-state index in [4.69, 9.17) is 11.6 Å². The van der Waals surface area contributed by atoms with Crippen LogP contribution >= 0.6 is 11.6 Å². The van der Waals surface area contributed by atoms with Gasteiger partial charge in [0.25, 0.3) is 5.91 Å². The molecule has 1 amide bonds. The zero-order valence-electron chi connectivity index (χ0n) is 16.4. The van der Waals surface area contributed by atoms with E-state index in [2.05, 4.69) is 21.6 Å². The summed E-state index contributed by atoms with van der Waals surface area (Å²) < 4.78 is 0. The Labute approximate surface area is 172 Å². The summed E-state index contributed by atoms with van der Waals surface area (Å²) in [4.78, 5) is 15.5. The Morgan fingerprint density at radius 2 is 1.86 bits per heavy atom. The molecule has 4 aliphatic carbocycles. The van der Waals surface area contributed by atoms with Gasteiger partial charge in [-0.25, -0.2) is 0 Å². The van der Waals surface area contributed by atoms with Gasteiger partial charge < -0.3 is 15.5 Å². The minimum absolute atomic E-state index is 0.00470. The fourth-order valence-electron chi connectivity index (χ4n) is 7.61. The molecule has 1 aromatic carbocycles. The summed E-state index contributed by atoms with van der Waals surface area (Å²) in [6, 6.07) is 7.12. The summed E-state index contributed by atoms with van der Waals surface area (Å²) in [5.74, 6) is 2.74. The maximum atomic E-state index is 13.1. The molecule has 4 saturated carbocycles. The lowest BCUT2D eigenvalue weighted by atomic mass is 9.49. The van der Waals surface area contributed by atoms with Gasteiger partial charge in [0.1, 0.15) is 0 Å². The first-order valence-electron chi connectivity index (χ1n) is 11.1. The zero-order chi connectivity index (χ0) is 18.9. The largest absolute Gasteiger partial charge is 0.366 e. The Hall–Kier alpha value is -1.26. The lowest BCUT2D eigenvalue weighted by Crippen LogP contribution is -2.51. The maximum Gasteiger partial charge on any atom is 0.252 e. The van der Waals surface area contributed by atoms with Crippen molar-refractivity contribution in [1.29, 1.82) is 0 Å². The summed E-state index contributed by atoms with van der Waals surface area (Å²) in [6.45, 7) is 2.90. The van der Waals surface area contributed by atoms with Crippen LogP contribution in [0.4, 0.5) is 5.69 Å². The number of nitrogens with one attached hydrogen (secondary N) is 2. The number of halogens is 1. The van der Waals surface area contributed by atoms with E-state index < -0.39 is 0 Å². The minimum atomic E-state index is 0.00470. The first-order chi connectivity index (χ1) is 13.6. The lowest BCUT2D eigenvalue weighted by Gasteiger charge is -2.56. The number of rotatable bonds is 4.